The Bertz CT molecular complexity index is 974. The number of carbonyl (C=O) groups is 2. The Kier molecular flexibility index (Phi) is 5.38. The summed E-state index contributed by atoms with van der Waals surface area (Å²) in [5.41, 5.74) is -0.515. The van der Waals surface area contributed by atoms with Crippen molar-refractivity contribution < 1.29 is 22.7 Å². The van der Waals surface area contributed by atoms with Crippen molar-refractivity contribution in [3.8, 4) is 6.07 Å². The standard InChI is InChI=1S/C18H20N4O5S/c1-12(20-16-13-6-2-3-7-14(13)28(25,26)22-16)17(24)27-10-15(23)21-18(11-19)8-4-5-9-18/h2-3,6-7,12H,4-5,8-10H2,1H3,(H,20,22)(H,21,23)/t12-/m0/s1. The number of fused-ring (bicyclic) bond motifs is 1. The molecule has 1 aromatic carbocycles. The number of esters is 1. The number of benzene rings is 1. The van der Waals surface area contributed by atoms with Crippen LogP contribution in [0.4, 0.5) is 0 Å². The molecule has 1 saturated carbocycles. The minimum Gasteiger partial charge on any atom is -0.454 e. The van der Waals surface area contributed by atoms with Crippen molar-refractivity contribution in [2.24, 2.45) is 4.99 Å². The summed E-state index contributed by atoms with van der Waals surface area (Å²) < 4.78 is 31.4. The summed E-state index contributed by atoms with van der Waals surface area (Å²) in [7, 11) is -3.70. The van der Waals surface area contributed by atoms with Crippen LogP contribution in [0.25, 0.3) is 0 Å². The van der Waals surface area contributed by atoms with Gasteiger partial charge in [-0.3, -0.25) is 14.5 Å². The van der Waals surface area contributed by atoms with Gasteiger partial charge in [-0.25, -0.2) is 13.2 Å². The summed E-state index contributed by atoms with van der Waals surface area (Å²) in [4.78, 5) is 28.3. The molecule has 0 spiro atoms. The Morgan fingerprint density at radius 2 is 2.04 bits per heavy atom. The van der Waals surface area contributed by atoms with E-state index in [1.807, 2.05) is 0 Å². The Morgan fingerprint density at radius 3 is 2.71 bits per heavy atom. The van der Waals surface area contributed by atoms with Crippen molar-refractivity contribution in [2.45, 2.75) is 49.1 Å². The molecule has 0 aromatic heterocycles. The second kappa shape index (κ2) is 7.59. The molecule has 1 fully saturated rings. The molecule has 2 N–H and O–H groups in total. The molecule has 10 heteroatoms. The van der Waals surface area contributed by atoms with Crippen molar-refractivity contribution in [2.75, 3.05) is 6.61 Å². The van der Waals surface area contributed by atoms with E-state index in [0.717, 1.165) is 12.8 Å². The fraction of sp³-hybridized carbons (Fsp3) is 0.444. The molecule has 28 heavy (non-hydrogen) atoms. The average Bonchev–Trinajstić information content (AvgIpc) is 3.23. The zero-order chi connectivity index (χ0) is 20.4. The lowest BCUT2D eigenvalue weighted by molar-refractivity contribution is -0.149. The lowest BCUT2D eigenvalue weighted by Gasteiger charge is -2.21. The molecular weight excluding hydrogens is 384 g/mol. The highest BCUT2D eigenvalue weighted by Gasteiger charge is 2.36. The van der Waals surface area contributed by atoms with E-state index in [9.17, 15) is 23.3 Å². The zero-order valence-electron chi connectivity index (χ0n) is 15.3. The molecule has 3 rings (SSSR count). The number of amidine groups is 1. The summed E-state index contributed by atoms with van der Waals surface area (Å²) in [6.07, 6.45) is 2.87. The van der Waals surface area contributed by atoms with Gasteiger partial charge in [0, 0.05) is 5.56 Å². The smallest absolute Gasteiger partial charge is 0.331 e. The second-order valence-electron chi connectivity index (χ2n) is 6.81. The number of aliphatic imine (C=N–C) groups is 1. The van der Waals surface area contributed by atoms with Crippen molar-refractivity contribution in [3.63, 3.8) is 0 Å². The van der Waals surface area contributed by atoms with Crippen LogP contribution in [-0.2, 0) is 24.3 Å². The van der Waals surface area contributed by atoms with Crippen LogP contribution in [0.5, 0.6) is 0 Å². The lowest BCUT2D eigenvalue weighted by atomic mass is 10.00. The fourth-order valence-corrected chi connectivity index (χ4v) is 4.52. The highest BCUT2D eigenvalue weighted by molar-refractivity contribution is 7.90. The first-order chi connectivity index (χ1) is 13.3. The SMILES string of the molecule is C[C@H](N=C1NS(=O)(=O)c2ccccc21)C(=O)OCC(=O)NC1(C#N)CCCC1. The normalized spacial score (nSPS) is 21.2. The van der Waals surface area contributed by atoms with Gasteiger partial charge >= 0.3 is 5.97 Å². The van der Waals surface area contributed by atoms with Gasteiger partial charge in [-0.05, 0) is 44.7 Å². The number of amides is 1. The van der Waals surface area contributed by atoms with Crippen molar-refractivity contribution >= 4 is 27.7 Å². The van der Waals surface area contributed by atoms with E-state index >= 15 is 0 Å². The minimum absolute atomic E-state index is 0.0545. The summed E-state index contributed by atoms with van der Waals surface area (Å²) in [6.45, 7) is 0.913. The zero-order valence-corrected chi connectivity index (χ0v) is 16.1. The molecule has 1 atom stereocenters. The van der Waals surface area contributed by atoms with E-state index in [1.165, 1.54) is 13.0 Å². The van der Waals surface area contributed by atoms with Gasteiger partial charge < -0.3 is 10.1 Å². The fourth-order valence-electron chi connectivity index (χ4n) is 3.28. The number of nitrogens with one attached hydrogen (secondary N) is 2. The summed E-state index contributed by atoms with van der Waals surface area (Å²) in [5.74, 6) is -1.27. The van der Waals surface area contributed by atoms with Crippen molar-refractivity contribution in [1.29, 1.82) is 5.26 Å². The number of sulfonamides is 1. The number of ether oxygens (including phenoxy) is 1. The summed E-state index contributed by atoms with van der Waals surface area (Å²) >= 11 is 0. The average molecular weight is 404 g/mol. The van der Waals surface area contributed by atoms with Gasteiger partial charge in [0.05, 0.1) is 11.0 Å². The van der Waals surface area contributed by atoms with Crippen LogP contribution in [0.15, 0.2) is 34.2 Å². The van der Waals surface area contributed by atoms with Crippen molar-refractivity contribution in [3.05, 3.63) is 29.8 Å². The Balaban J connectivity index is 1.61. The van der Waals surface area contributed by atoms with Gasteiger partial charge in [0.15, 0.2) is 6.61 Å². The molecule has 0 saturated heterocycles. The van der Waals surface area contributed by atoms with Crippen LogP contribution in [0.2, 0.25) is 0 Å². The molecule has 1 amide bonds. The molecule has 0 unspecified atom stereocenters. The van der Waals surface area contributed by atoms with Gasteiger partial charge in [-0.2, -0.15) is 5.26 Å². The lowest BCUT2D eigenvalue weighted by Crippen LogP contribution is -2.47. The van der Waals surface area contributed by atoms with Gasteiger partial charge in [0.2, 0.25) is 0 Å². The van der Waals surface area contributed by atoms with Crippen LogP contribution in [0.3, 0.4) is 0 Å². The molecule has 1 heterocycles. The highest BCUT2D eigenvalue weighted by Crippen LogP contribution is 2.28. The first kappa shape index (κ1) is 19.8. The quantitative estimate of drug-likeness (QED) is 0.690. The Hall–Kier alpha value is -2.93. The van der Waals surface area contributed by atoms with E-state index in [-0.39, 0.29) is 10.7 Å². The number of nitriles is 1. The monoisotopic (exact) mass is 404 g/mol. The molecule has 9 nitrogen and oxygen atoms in total. The van der Waals surface area contributed by atoms with Crippen LogP contribution in [0, 0.1) is 11.3 Å². The molecule has 0 radical (unpaired) electrons. The van der Waals surface area contributed by atoms with Gasteiger partial charge in [0.25, 0.3) is 15.9 Å². The minimum atomic E-state index is -3.70. The maximum Gasteiger partial charge on any atom is 0.331 e. The Labute approximate surface area is 162 Å². The molecule has 1 aromatic rings. The predicted octanol–water partition coefficient (Wildman–Crippen LogP) is 0.609. The van der Waals surface area contributed by atoms with Crippen LogP contribution in [0.1, 0.15) is 38.2 Å². The van der Waals surface area contributed by atoms with Gasteiger partial charge in [-0.15, -0.1) is 0 Å². The predicted molar refractivity (Wildman–Crippen MR) is 98.7 cm³/mol. The van der Waals surface area contributed by atoms with E-state index in [0.29, 0.717) is 18.4 Å². The Morgan fingerprint density at radius 1 is 1.36 bits per heavy atom. The number of hydrogen-bond donors (Lipinski definition) is 2. The van der Waals surface area contributed by atoms with Gasteiger partial charge in [0.1, 0.15) is 17.4 Å². The number of carbonyl (C=O) groups excluding carboxylic acids is 2. The maximum atomic E-state index is 12.1. The molecule has 148 valence electrons. The van der Waals surface area contributed by atoms with Crippen LogP contribution in [-0.4, -0.2) is 44.3 Å². The van der Waals surface area contributed by atoms with Crippen LogP contribution >= 0.6 is 0 Å². The maximum absolute atomic E-state index is 12.1. The third-order valence-electron chi connectivity index (χ3n) is 4.72. The molecular formula is C18H20N4O5S. The second-order valence-corrected chi connectivity index (χ2v) is 8.46. The summed E-state index contributed by atoms with van der Waals surface area (Å²) in [6, 6.07) is 7.39. The first-order valence-corrected chi connectivity index (χ1v) is 10.3. The largest absolute Gasteiger partial charge is 0.454 e. The molecule has 2 aliphatic rings. The first-order valence-electron chi connectivity index (χ1n) is 8.85. The van der Waals surface area contributed by atoms with Crippen LogP contribution < -0.4 is 10.0 Å². The van der Waals surface area contributed by atoms with E-state index < -0.39 is 40.1 Å². The summed E-state index contributed by atoms with van der Waals surface area (Å²) in [5, 5.41) is 11.9. The van der Waals surface area contributed by atoms with Crippen molar-refractivity contribution in [1.82, 2.24) is 10.0 Å². The number of rotatable bonds is 5. The highest BCUT2D eigenvalue weighted by atomic mass is 32.2. The molecule has 1 aliphatic heterocycles. The molecule has 0 bridgehead atoms. The number of nitrogens with zero attached hydrogens (tertiary/aromatic N) is 2. The third kappa shape index (κ3) is 3.99. The van der Waals surface area contributed by atoms with Gasteiger partial charge in [-0.1, -0.05) is 12.1 Å². The van der Waals surface area contributed by atoms with E-state index in [4.69, 9.17) is 4.74 Å². The van der Waals surface area contributed by atoms with E-state index in [1.54, 1.807) is 18.2 Å². The number of hydrogen-bond acceptors (Lipinski definition) is 7. The third-order valence-corrected chi connectivity index (χ3v) is 6.12. The topological polar surface area (TPSA) is 138 Å². The molecule has 1 aliphatic carbocycles. The van der Waals surface area contributed by atoms with E-state index in [2.05, 4.69) is 21.1 Å².